The second-order valence-electron chi connectivity index (χ2n) is 3.90. The molecule has 1 aliphatic heterocycles. The van der Waals surface area contributed by atoms with Gasteiger partial charge < -0.3 is 4.90 Å². The smallest absolute Gasteiger partial charge is 0.224 e. The molecule has 0 saturated heterocycles. The highest BCUT2D eigenvalue weighted by Crippen LogP contribution is 2.28. The van der Waals surface area contributed by atoms with E-state index in [1.165, 1.54) is 13.8 Å². The van der Waals surface area contributed by atoms with Gasteiger partial charge in [0.25, 0.3) is 0 Å². The number of Topliss-reactive ketones (excluding diaryl/α,β-unsaturated/α-hetero) is 1. The fraction of sp³-hybridized carbons (Fsp3) is 0.500. The summed E-state index contributed by atoms with van der Waals surface area (Å²) in [5, 5.41) is 0. The van der Waals surface area contributed by atoms with Crippen LogP contribution in [-0.2, 0) is 9.59 Å². The Balaban J connectivity index is 3.22. The molecule has 1 rings (SSSR count). The molecule has 1 atom stereocenters. The fourth-order valence-electron chi connectivity index (χ4n) is 2.05. The lowest BCUT2D eigenvalue weighted by atomic mass is 9.94. The zero-order chi connectivity index (χ0) is 11.6. The van der Waals surface area contributed by atoms with Gasteiger partial charge in [-0.2, -0.15) is 0 Å². The van der Waals surface area contributed by atoms with Crippen LogP contribution in [0.4, 0.5) is 0 Å². The number of amides is 1. The number of carbonyl (C=O) groups is 2. The molecule has 82 valence electrons. The van der Waals surface area contributed by atoms with E-state index in [0.29, 0.717) is 5.70 Å². The molecule has 0 fully saturated rings. The molecule has 0 aromatic carbocycles. The summed E-state index contributed by atoms with van der Waals surface area (Å²) in [6.07, 6.45) is 3.18. The van der Waals surface area contributed by atoms with Crippen molar-refractivity contribution in [1.82, 2.24) is 4.90 Å². The molecular formula is C12H17NO2. The first-order valence-electron chi connectivity index (χ1n) is 5.15. The second-order valence-corrected chi connectivity index (χ2v) is 3.90. The predicted molar refractivity (Wildman–Crippen MR) is 59.1 cm³/mol. The molecule has 0 aliphatic carbocycles. The minimum Gasteiger partial charge on any atom is -0.309 e. The lowest BCUT2D eigenvalue weighted by molar-refractivity contribution is -0.128. The molecule has 0 bridgehead atoms. The molecule has 15 heavy (non-hydrogen) atoms. The average molecular weight is 207 g/mol. The lowest BCUT2D eigenvalue weighted by Crippen LogP contribution is -2.39. The first-order chi connectivity index (χ1) is 6.99. The van der Waals surface area contributed by atoms with Crippen LogP contribution in [0.5, 0.6) is 0 Å². The van der Waals surface area contributed by atoms with Crippen molar-refractivity contribution in [1.29, 1.82) is 0 Å². The summed E-state index contributed by atoms with van der Waals surface area (Å²) in [6.45, 7) is 8.72. The number of rotatable bonds is 2. The molecule has 3 heteroatoms. The summed E-state index contributed by atoms with van der Waals surface area (Å²) in [6, 6.07) is 0.151. The lowest BCUT2D eigenvalue weighted by Gasteiger charge is -2.34. The van der Waals surface area contributed by atoms with Crippen LogP contribution in [0.2, 0.25) is 0 Å². The number of hydrogen-bond acceptors (Lipinski definition) is 2. The van der Waals surface area contributed by atoms with E-state index in [1.54, 1.807) is 11.0 Å². The molecule has 0 spiro atoms. The Bertz CT molecular complexity index is 342. The van der Waals surface area contributed by atoms with Crippen molar-refractivity contribution in [2.45, 2.75) is 39.7 Å². The molecular weight excluding hydrogens is 190 g/mol. The summed E-state index contributed by atoms with van der Waals surface area (Å²) in [7, 11) is 0. The third-order valence-corrected chi connectivity index (χ3v) is 2.78. The van der Waals surface area contributed by atoms with Gasteiger partial charge in [-0.05, 0) is 32.8 Å². The second kappa shape index (κ2) is 4.43. The molecule has 1 unspecified atom stereocenters. The van der Waals surface area contributed by atoms with Crippen molar-refractivity contribution < 1.29 is 9.59 Å². The van der Waals surface area contributed by atoms with Crippen molar-refractivity contribution in [3.63, 3.8) is 0 Å². The van der Waals surface area contributed by atoms with Crippen molar-refractivity contribution >= 4 is 11.7 Å². The van der Waals surface area contributed by atoms with E-state index in [0.717, 1.165) is 18.4 Å². The summed E-state index contributed by atoms with van der Waals surface area (Å²) in [4.78, 5) is 24.5. The molecule has 1 amide bonds. The summed E-state index contributed by atoms with van der Waals surface area (Å²) >= 11 is 0. The standard InChI is InChI=1S/C12H17NO2/c1-5-12-11(9(3)14)7-6-8(2)13(12)10(4)15/h5,8H,1,6-7H2,2-4H3. The highest BCUT2D eigenvalue weighted by atomic mass is 16.2. The number of allylic oxidation sites excluding steroid dienone is 2. The Hall–Kier alpha value is -1.38. The number of hydrogen-bond donors (Lipinski definition) is 0. The van der Waals surface area contributed by atoms with Crippen LogP contribution >= 0.6 is 0 Å². The topological polar surface area (TPSA) is 37.4 Å². The summed E-state index contributed by atoms with van der Waals surface area (Å²) < 4.78 is 0. The Morgan fingerprint density at radius 2 is 2.07 bits per heavy atom. The van der Waals surface area contributed by atoms with E-state index in [4.69, 9.17) is 0 Å². The van der Waals surface area contributed by atoms with Gasteiger partial charge in [0.15, 0.2) is 5.78 Å². The molecule has 1 heterocycles. The largest absolute Gasteiger partial charge is 0.309 e. The molecule has 0 aromatic heterocycles. The van der Waals surface area contributed by atoms with E-state index >= 15 is 0 Å². The van der Waals surface area contributed by atoms with Crippen LogP contribution < -0.4 is 0 Å². The average Bonchev–Trinajstić information content (AvgIpc) is 2.15. The van der Waals surface area contributed by atoms with Crippen LogP contribution in [0.1, 0.15) is 33.6 Å². The van der Waals surface area contributed by atoms with Crippen molar-refractivity contribution in [2.75, 3.05) is 0 Å². The van der Waals surface area contributed by atoms with E-state index < -0.39 is 0 Å². The number of carbonyl (C=O) groups excluding carboxylic acids is 2. The zero-order valence-corrected chi connectivity index (χ0v) is 9.54. The van der Waals surface area contributed by atoms with Gasteiger partial charge in [-0.15, -0.1) is 0 Å². The molecule has 0 aromatic rings. The van der Waals surface area contributed by atoms with Crippen LogP contribution in [0.25, 0.3) is 0 Å². The molecule has 3 nitrogen and oxygen atoms in total. The maximum absolute atomic E-state index is 11.5. The minimum absolute atomic E-state index is 0.0306. The quantitative estimate of drug-likeness (QED) is 0.695. The Morgan fingerprint density at radius 1 is 1.47 bits per heavy atom. The van der Waals surface area contributed by atoms with Gasteiger partial charge >= 0.3 is 0 Å². The van der Waals surface area contributed by atoms with Gasteiger partial charge in [0.05, 0.1) is 5.70 Å². The normalized spacial score (nSPS) is 21.5. The van der Waals surface area contributed by atoms with Crippen molar-refractivity contribution in [2.24, 2.45) is 0 Å². The Labute approximate surface area is 90.5 Å². The number of nitrogens with zero attached hydrogens (tertiary/aromatic N) is 1. The third-order valence-electron chi connectivity index (χ3n) is 2.78. The van der Waals surface area contributed by atoms with Gasteiger partial charge in [0.2, 0.25) is 5.91 Å². The van der Waals surface area contributed by atoms with Gasteiger partial charge in [0, 0.05) is 18.5 Å². The zero-order valence-electron chi connectivity index (χ0n) is 9.54. The predicted octanol–water partition coefficient (Wildman–Crippen LogP) is 2.05. The Morgan fingerprint density at radius 3 is 2.47 bits per heavy atom. The number of ketones is 1. The summed E-state index contributed by atoms with van der Waals surface area (Å²) in [5.74, 6) is -0.00102. The van der Waals surface area contributed by atoms with E-state index in [1.807, 2.05) is 6.92 Å². The van der Waals surface area contributed by atoms with Gasteiger partial charge in [-0.1, -0.05) is 6.58 Å². The van der Waals surface area contributed by atoms with Gasteiger partial charge in [-0.25, -0.2) is 0 Å². The Kier molecular flexibility index (Phi) is 3.45. The van der Waals surface area contributed by atoms with Crippen LogP contribution in [0, 0.1) is 0 Å². The molecule has 0 N–H and O–H groups in total. The van der Waals surface area contributed by atoms with E-state index in [2.05, 4.69) is 6.58 Å². The monoisotopic (exact) mass is 207 g/mol. The first-order valence-corrected chi connectivity index (χ1v) is 5.15. The van der Waals surface area contributed by atoms with Gasteiger partial charge in [-0.3, -0.25) is 9.59 Å². The van der Waals surface area contributed by atoms with Crippen molar-refractivity contribution in [3.8, 4) is 0 Å². The van der Waals surface area contributed by atoms with E-state index in [9.17, 15) is 9.59 Å². The van der Waals surface area contributed by atoms with Gasteiger partial charge in [0.1, 0.15) is 0 Å². The van der Waals surface area contributed by atoms with Crippen LogP contribution in [-0.4, -0.2) is 22.6 Å². The van der Waals surface area contributed by atoms with Crippen molar-refractivity contribution in [3.05, 3.63) is 23.9 Å². The highest BCUT2D eigenvalue weighted by molar-refractivity contribution is 5.95. The van der Waals surface area contributed by atoms with Crippen LogP contribution in [0.15, 0.2) is 23.9 Å². The fourth-order valence-corrected chi connectivity index (χ4v) is 2.05. The highest BCUT2D eigenvalue weighted by Gasteiger charge is 2.28. The van der Waals surface area contributed by atoms with E-state index in [-0.39, 0.29) is 17.7 Å². The maximum Gasteiger partial charge on any atom is 0.224 e. The third kappa shape index (κ3) is 2.17. The molecule has 1 aliphatic rings. The minimum atomic E-state index is -0.0316. The van der Waals surface area contributed by atoms with Crippen LogP contribution in [0.3, 0.4) is 0 Å². The first kappa shape index (κ1) is 11.7. The summed E-state index contributed by atoms with van der Waals surface area (Å²) in [5.41, 5.74) is 1.41. The molecule has 0 saturated carbocycles. The SMILES string of the molecule is C=CC1=C(C(C)=O)CCC(C)N1C(C)=O. The molecule has 0 radical (unpaired) electrons. The maximum atomic E-state index is 11.5.